The van der Waals surface area contributed by atoms with Crippen molar-refractivity contribution < 1.29 is 14.6 Å². The zero-order valence-corrected chi connectivity index (χ0v) is 13.6. The van der Waals surface area contributed by atoms with Crippen molar-refractivity contribution in [3.05, 3.63) is 29.8 Å². The predicted octanol–water partition coefficient (Wildman–Crippen LogP) is 2.71. The average Bonchev–Trinajstić information content (AvgIpc) is 2.44. The molecule has 1 aromatic carbocycles. The second-order valence-electron chi connectivity index (χ2n) is 6.04. The highest BCUT2D eigenvalue weighted by Gasteiger charge is 2.17. The highest BCUT2D eigenvalue weighted by atomic mass is 16.5. The minimum absolute atomic E-state index is 0.115. The van der Waals surface area contributed by atoms with Gasteiger partial charge in [0.05, 0.1) is 6.10 Å². The Balaban J connectivity index is 2.54. The molecule has 1 aromatic rings. The Labute approximate surface area is 127 Å². The van der Waals surface area contributed by atoms with Crippen LogP contribution in [0.25, 0.3) is 0 Å². The van der Waals surface area contributed by atoms with Crippen molar-refractivity contribution in [3.63, 3.8) is 0 Å². The van der Waals surface area contributed by atoms with Crippen molar-refractivity contribution in [3.8, 4) is 5.75 Å². The molecule has 1 amide bonds. The molecule has 118 valence electrons. The van der Waals surface area contributed by atoms with E-state index < -0.39 is 12.2 Å². The fourth-order valence-electron chi connectivity index (χ4n) is 1.79. The van der Waals surface area contributed by atoms with Crippen LogP contribution < -0.4 is 10.1 Å². The first-order chi connectivity index (χ1) is 9.81. The molecule has 0 aliphatic carbocycles. The zero-order valence-electron chi connectivity index (χ0n) is 13.6. The lowest BCUT2D eigenvalue weighted by molar-refractivity contribution is -0.127. The maximum absolute atomic E-state index is 11.9. The number of aliphatic hydroxyl groups excluding tert-OH is 1. The SMILES string of the molecule is CC(Oc1cccc(C(C)C)c1)C(=O)NCC(O)C(C)C. The van der Waals surface area contributed by atoms with E-state index in [1.165, 1.54) is 5.56 Å². The number of aliphatic hydroxyl groups is 1. The Morgan fingerprint density at radius 1 is 1.24 bits per heavy atom. The Kier molecular flexibility index (Phi) is 6.69. The summed E-state index contributed by atoms with van der Waals surface area (Å²) in [5, 5.41) is 12.4. The monoisotopic (exact) mass is 293 g/mol. The third-order valence-corrected chi connectivity index (χ3v) is 3.46. The lowest BCUT2D eigenvalue weighted by atomic mass is 10.0. The lowest BCUT2D eigenvalue weighted by Crippen LogP contribution is -2.41. The number of carbonyl (C=O) groups excluding carboxylic acids is 1. The standard InChI is InChI=1S/C17H27NO3/c1-11(2)14-7-6-8-15(9-14)21-13(5)17(20)18-10-16(19)12(3)4/h6-9,11-13,16,19H,10H2,1-5H3,(H,18,20). The number of rotatable bonds is 7. The molecule has 0 radical (unpaired) electrons. The topological polar surface area (TPSA) is 58.6 Å². The van der Waals surface area contributed by atoms with E-state index in [-0.39, 0.29) is 18.4 Å². The van der Waals surface area contributed by atoms with Gasteiger partial charge in [-0.05, 0) is 36.5 Å². The highest BCUT2D eigenvalue weighted by molar-refractivity contribution is 5.80. The smallest absolute Gasteiger partial charge is 0.260 e. The first-order valence-corrected chi connectivity index (χ1v) is 7.53. The van der Waals surface area contributed by atoms with Gasteiger partial charge in [-0.15, -0.1) is 0 Å². The van der Waals surface area contributed by atoms with Gasteiger partial charge in [0.15, 0.2) is 6.10 Å². The molecule has 0 aliphatic heterocycles. The summed E-state index contributed by atoms with van der Waals surface area (Å²) in [6, 6.07) is 7.77. The van der Waals surface area contributed by atoms with Gasteiger partial charge >= 0.3 is 0 Å². The summed E-state index contributed by atoms with van der Waals surface area (Å²) < 4.78 is 5.67. The van der Waals surface area contributed by atoms with Gasteiger partial charge in [0.1, 0.15) is 5.75 Å². The summed E-state index contributed by atoms with van der Waals surface area (Å²) in [5.41, 5.74) is 1.18. The number of carbonyl (C=O) groups is 1. The van der Waals surface area contributed by atoms with E-state index in [4.69, 9.17) is 4.74 Å². The van der Waals surface area contributed by atoms with Crippen LogP contribution in [-0.4, -0.2) is 29.8 Å². The summed E-state index contributed by atoms with van der Waals surface area (Å²) in [6.07, 6.45) is -1.13. The molecular weight excluding hydrogens is 266 g/mol. The van der Waals surface area contributed by atoms with E-state index in [1.807, 2.05) is 38.1 Å². The van der Waals surface area contributed by atoms with Crippen molar-refractivity contribution in [2.24, 2.45) is 5.92 Å². The molecule has 1 rings (SSSR count). The Morgan fingerprint density at radius 3 is 2.48 bits per heavy atom. The van der Waals surface area contributed by atoms with Crippen LogP contribution >= 0.6 is 0 Å². The first-order valence-electron chi connectivity index (χ1n) is 7.53. The molecule has 2 N–H and O–H groups in total. The molecule has 4 nitrogen and oxygen atoms in total. The van der Waals surface area contributed by atoms with Crippen LogP contribution in [0, 0.1) is 5.92 Å². The average molecular weight is 293 g/mol. The number of hydrogen-bond donors (Lipinski definition) is 2. The quantitative estimate of drug-likeness (QED) is 0.812. The Hall–Kier alpha value is -1.55. The zero-order chi connectivity index (χ0) is 16.0. The second-order valence-corrected chi connectivity index (χ2v) is 6.04. The molecule has 0 fully saturated rings. The third kappa shape index (κ3) is 5.76. The fourth-order valence-corrected chi connectivity index (χ4v) is 1.79. The number of amides is 1. The molecule has 0 aliphatic rings. The maximum atomic E-state index is 11.9. The van der Waals surface area contributed by atoms with E-state index in [2.05, 4.69) is 19.2 Å². The number of nitrogens with one attached hydrogen (secondary N) is 1. The summed E-state index contributed by atoms with van der Waals surface area (Å²) in [5.74, 6) is 1.00. The molecule has 0 heterocycles. The van der Waals surface area contributed by atoms with Crippen molar-refractivity contribution in [1.29, 1.82) is 0 Å². The van der Waals surface area contributed by atoms with E-state index in [9.17, 15) is 9.90 Å². The molecule has 0 aromatic heterocycles. The molecule has 0 spiro atoms. The van der Waals surface area contributed by atoms with Gasteiger partial charge in [-0.1, -0.05) is 39.8 Å². The fraction of sp³-hybridized carbons (Fsp3) is 0.588. The third-order valence-electron chi connectivity index (χ3n) is 3.46. The van der Waals surface area contributed by atoms with Crippen LogP contribution in [0.5, 0.6) is 5.75 Å². The van der Waals surface area contributed by atoms with E-state index >= 15 is 0 Å². The van der Waals surface area contributed by atoms with Gasteiger partial charge in [-0.3, -0.25) is 4.79 Å². The molecule has 0 saturated carbocycles. The highest BCUT2D eigenvalue weighted by Crippen LogP contribution is 2.20. The molecule has 4 heteroatoms. The van der Waals surface area contributed by atoms with E-state index in [0.29, 0.717) is 11.7 Å². The molecule has 2 unspecified atom stereocenters. The predicted molar refractivity (Wildman–Crippen MR) is 84.5 cm³/mol. The first kappa shape index (κ1) is 17.5. The minimum atomic E-state index is -0.591. The van der Waals surface area contributed by atoms with Crippen LogP contribution in [0.4, 0.5) is 0 Å². The van der Waals surface area contributed by atoms with Crippen molar-refractivity contribution >= 4 is 5.91 Å². The van der Waals surface area contributed by atoms with E-state index in [1.54, 1.807) is 6.92 Å². The van der Waals surface area contributed by atoms with Gasteiger partial charge in [0.25, 0.3) is 5.91 Å². The summed E-state index contributed by atoms with van der Waals surface area (Å²) in [4.78, 5) is 11.9. The lowest BCUT2D eigenvalue weighted by Gasteiger charge is -2.19. The second kappa shape index (κ2) is 8.03. The largest absolute Gasteiger partial charge is 0.481 e. The van der Waals surface area contributed by atoms with Gasteiger partial charge in [-0.25, -0.2) is 0 Å². The van der Waals surface area contributed by atoms with Gasteiger partial charge < -0.3 is 15.2 Å². The van der Waals surface area contributed by atoms with Crippen LogP contribution in [0.2, 0.25) is 0 Å². The van der Waals surface area contributed by atoms with Crippen LogP contribution in [0.15, 0.2) is 24.3 Å². The van der Waals surface area contributed by atoms with Crippen LogP contribution in [0.1, 0.15) is 46.1 Å². The number of hydrogen-bond acceptors (Lipinski definition) is 3. The van der Waals surface area contributed by atoms with Crippen molar-refractivity contribution in [2.45, 2.75) is 52.7 Å². The molecule has 21 heavy (non-hydrogen) atoms. The van der Waals surface area contributed by atoms with E-state index in [0.717, 1.165) is 0 Å². The number of benzene rings is 1. The molecule has 2 atom stereocenters. The number of ether oxygens (including phenoxy) is 1. The summed E-state index contributed by atoms with van der Waals surface area (Å²) in [6.45, 7) is 10.0. The molecule has 0 bridgehead atoms. The van der Waals surface area contributed by atoms with Crippen molar-refractivity contribution in [2.75, 3.05) is 6.54 Å². The normalized spacial score (nSPS) is 14.1. The van der Waals surface area contributed by atoms with Gasteiger partial charge in [0.2, 0.25) is 0 Å². The van der Waals surface area contributed by atoms with Gasteiger partial charge in [0, 0.05) is 6.54 Å². The minimum Gasteiger partial charge on any atom is -0.481 e. The maximum Gasteiger partial charge on any atom is 0.260 e. The molecule has 0 saturated heterocycles. The Bertz CT molecular complexity index is 457. The summed E-state index contributed by atoms with van der Waals surface area (Å²) in [7, 11) is 0. The summed E-state index contributed by atoms with van der Waals surface area (Å²) >= 11 is 0. The van der Waals surface area contributed by atoms with Gasteiger partial charge in [-0.2, -0.15) is 0 Å². The van der Waals surface area contributed by atoms with Crippen molar-refractivity contribution in [1.82, 2.24) is 5.32 Å². The van der Waals surface area contributed by atoms with Crippen LogP contribution in [-0.2, 0) is 4.79 Å². The molecular formula is C17H27NO3. The Morgan fingerprint density at radius 2 is 1.90 bits per heavy atom. The van der Waals surface area contributed by atoms with Crippen LogP contribution in [0.3, 0.4) is 0 Å².